The van der Waals surface area contributed by atoms with Gasteiger partial charge in [0.05, 0.1) is 6.61 Å². The summed E-state index contributed by atoms with van der Waals surface area (Å²) in [6.07, 6.45) is 5.10. The second kappa shape index (κ2) is 7.85. The smallest absolute Gasteiger partial charge is 0.220 e. The summed E-state index contributed by atoms with van der Waals surface area (Å²) >= 11 is 0. The van der Waals surface area contributed by atoms with E-state index in [4.69, 9.17) is 4.74 Å². The predicted octanol–water partition coefficient (Wildman–Crippen LogP) is 4.35. The van der Waals surface area contributed by atoms with Crippen LogP contribution >= 0.6 is 0 Å². The molecular formula is C19H18O2. The monoisotopic (exact) mass is 278 g/mol. The average Bonchev–Trinajstić information content (AvgIpc) is 2.54. The van der Waals surface area contributed by atoms with Crippen molar-refractivity contribution in [1.82, 2.24) is 0 Å². The first-order valence-electron chi connectivity index (χ1n) is 6.96. The zero-order chi connectivity index (χ0) is 14.9. The molecule has 2 heteroatoms. The highest BCUT2D eigenvalue weighted by Gasteiger charge is 2.07. The summed E-state index contributed by atoms with van der Waals surface area (Å²) in [5, 5.41) is 0. The number of hydrogen-bond donors (Lipinski definition) is 0. The van der Waals surface area contributed by atoms with E-state index >= 15 is 0 Å². The average molecular weight is 278 g/mol. The Hall–Kier alpha value is -2.61. The minimum Gasteiger partial charge on any atom is -0.490 e. The maximum absolute atomic E-state index is 12.2. The molecule has 0 saturated carbocycles. The van der Waals surface area contributed by atoms with Crippen LogP contribution in [-0.2, 0) is 9.53 Å². The molecule has 2 nitrogen and oxygen atoms in total. The third kappa shape index (κ3) is 4.77. The van der Waals surface area contributed by atoms with Gasteiger partial charge in [-0.3, -0.25) is 4.79 Å². The van der Waals surface area contributed by atoms with Gasteiger partial charge >= 0.3 is 0 Å². The van der Waals surface area contributed by atoms with Crippen molar-refractivity contribution in [3.05, 3.63) is 83.6 Å². The fourth-order valence-corrected chi connectivity index (χ4v) is 1.86. The van der Waals surface area contributed by atoms with Crippen LogP contribution in [0.1, 0.15) is 18.1 Å². The molecule has 0 N–H and O–H groups in total. The van der Waals surface area contributed by atoms with Gasteiger partial charge in [0.2, 0.25) is 5.78 Å². The molecule has 2 rings (SSSR count). The summed E-state index contributed by atoms with van der Waals surface area (Å²) in [4.78, 5) is 12.2. The second-order valence-corrected chi connectivity index (χ2v) is 4.46. The first-order valence-corrected chi connectivity index (χ1v) is 6.96. The molecule has 0 bridgehead atoms. The van der Waals surface area contributed by atoms with E-state index in [2.05, 4.69) is 0 Å². The molecule has 0 aliphatic rings. The van der Waals surface area contributed by atoms with Crippen molar-refractivity contribution in [2.24, 2.45) is 0 Å². The Bertz CT molecular complexity index is 625. The molecule has 0 fully saturated rings. The van der Waals surface area contributed by atoms with Gasteiger partial charge in [0.1, 0.15) is 0 Å². The van der Waals surface area contributed by atoms with Gasteiger partial charge in [-0.25, -0.2) is 0 Å². The fraction of sp³-hybridized carbons (Fsp3) is 0.105. The number of rotatable bonds is 6. The van der Waals surface area contributed by atoms with Gasteiger partial charge in [0.15, 0.2) is 5.76 Å². The summed E-state index contributed by atoms with van der Waals surface area (Å²) in [6, 6.07) is 19.4. The lowest BCUT2D eigenvalue weighted by molar-refractivity contribution is -0.114. The van der Waals surface area contributed by atoms with Crippen LogP contribution in [0.25, 0.3) is 12.2 Å². The largest absolute Gasteiger partial charge is 0.490 e. The number of hydrogen-bond acceptors (Lipinski definition) is 2. The summed E-state index contributed by atoms with van der Waals surface area (Å²) in [5.41, 5.74) is 1.93. The Morgan fingerprint density at radius 3 is 2.10 bits per heavy atom. The van der Waals surface area contributed by atoms with Crippen molar-refractivity contribution in [3.63, 3.8) is 0 Å². The maximum atomic E-state index is 12.2. The van der Waals surface area contributed by atoms with Crippen molar-refractivity contribution in [2.75, 3.05) is 6.61 Å². The standard InChI is InChI=1S/C19H18O2/c1-2-21-19(15-17-11-7-4-8-12-17)18(20)14-13-16-9-5-3-6-10-16/h3-15H,2H2,1H3. The van der Waals surface area contributed by atoms with Crippen LogP contribution in [-0.4, -0.2) is 12.4 Å². The van der Waals surface area contributed by atoms with Crippen molar-refractivity contribution in [2.45, 2.75) is 6.92 Å². The lowest BCUT2D eigenvalue weighted by Gasteiger charge is -2.05. The van der Waals surface area contributed by atoms with Gasteiger partial charge in [-0.2, -0.15) is 0 Å². The van der Waals surface area contributed by atoms with Crippen LogP contribution in [0.4, 0.5) is 0 Å². The lowest BCUT2D eigenvalue weighted by Crippen LogP contribution is -2.03. The molecule has 106 valence electrons. The van der Waals surface area contributed by atoms with E-state index in [9.17, 15) is 4.79 Å². The lowest BCUT2D eigenvalue weighted by atomic mass is 10.1. The highest BCUT2D eigenvalue weighted by Crippen LogP contribution is 2.11. The number of ether oxygens (including phenoxy) is 1. The Balaban J connectivity index is 2.16. The van der Waals surface area contributed by atoms with E-state index in [1.807, 2.05) is 67.6 Å². The number of benzene rings is 2. The van der Waals surface area contributed by atoms with Crippen molar-refractivity contribution >= 4 is 17.9 Å². The van der Waals surface area contributed by atoms with E-state index in [1.54, 1.807) is 18.2 Å². The van der Waals surface area contributed by atoms with Crippen LogP contribution < -0.4 is 0 Å². The summed E-state index contributed by atoms with van der Waals surface area (Å²) in [6.45, 7) is 2.33. The highest BCUT2D eigenvalue weighted by atomic mass is 16.5. The summed E-state index contributed by atoms with van der Waals surface area (Å²) < 4.78 is 5.46. The number of ketones is 1. The number of carbonyl (C=O) groups excluding carboxylic acids is 1. The maximum Gasteiger partial charge on any atom is 0.220 e. The summed E-state index contributed by atoms with van der Waals surface area (Å²) in [7, 11) is 0. The molecule has 0 aliphatic heterocycles. The zero-order valence-corrected chi connectivity index (χ0v) is 12.0. The third-order valence-electron chi connectivity index (χ3n) is 2.87. The van der Waals surface area contributed by atoms with E-state index < -0.39 is 0 Å². The second-order valence-electron chi connectivity index (χ2n) is 4.46. The molecule has 0 amide bonds. The predicted molar refractivity (Wildman–Crippen MR) is 86.5 cm³/mol. The molecule has 0 saturated heterocycles. The quantitative estimate of drug-likeness (QED) is 0.580. The van der Waals surface area contributed by atoms with E-state index in [1.165, 1.54) is 0 Å². The molecule has 0 heterocycles. The van der Waals surface area contributed by atoms with E-state index in [0.717, 1.165) is 11.1 Å². The van der Waals surface area contributed by atoms with Crippen molar-refractivity contribution < 1.29 is 9.53 Å². The molecule has 0 radical (unpaired) electrons. The molecule has 0 aromatic heterocycles. The minimum atomic E-state index is -0.135. The van der Waals surface area contributed by atoms with E-state index in [-0.39, 0.29) is 5.78 Å². The van der Waals surface area contributed by atoms with Crippen LogP contribution in [0, 0.1) is 0 Å². The molecule has 0 atom stereocenters. The molecule has 0 unspecified atom stereocenters. The first kappa shape index (κ1) is 14.8. The van der Waals surface area contributed by atoms with Gasteiger partial charge in [0, 0.05) is 0 Å². The molecule has 2 aromatic rings. The van der Waals surface area contributed by atoms with Crippen LogP contribution in [0.2, 0.25) is 0 Å². The molecule has 2 aromatic carbocycles. The molecule has 21 heavy (non-hydrogen) atoms. The van der Waals surface area contributed by atoms with Gasteiger partial charge in [-0.15, -0.1) is 0 Å². The van der Waals surface area contributed by atoms with Crippen molar-refractivity contribution in [3.8, 4) is 0 Å². The Morgan fingerprint density at radius 2 is 1.52 bits per heavy atom. The Labute approximate surface area is 125 Å². The minimum absolute atomic E-state index is 0.135. The normalized spacial score (nSPS) is 11.6. The molecule has 0 spiro atoms. The molecule has 0 aliphatic carbocycles. The number of allylic oxidation sites excluding steroid dienone is 1. The van der Waals surface area contributed by atoms with Crippen LogP contribution in [0.3, 0.4) is 0 Å². The highest BCUT2D eigenvalue weighted by molar-refractivity contribution is 6.07. The van der Waals surface area contributed by atoms with Crippen molar-refractivity contribution in [1.29, 1.82) is 0 Å². The summed E-state index contributed by atoms with van der Waals surface area (Å²) in [5.74, 6) is 0.223. The van der Waals surface area contributed by atoms with Crippen LogP contribution in [0.5, 0.6) is 0 Å². The van der Waals surface area contributed by atoms with Gasteiger partial charge in [-0.1, -0.05) is 66.7 Å². The zero-order valence-electron chi connectivity index (χ0n) is 12.0. The Kier molecular flexibility index (Phi) is 5.53. The Morgan fingerprint density at radius 1 is 0.952 bits per heavy atom. The van der Waals surface area contributed by atoms with Crippen LogP contribution in [0.15, 0.2) is 72.5 Å². The van der Waals surface area contributed by atoms with E-state index in [0.29, 0.717) is 12.4 Å². The first-order chi connectivity index (χ1) is 10.3. The third-order valence-corrected chi connectivity index (χ3v) is 2.87. The fourth-order valence-electron chi connectivity index (χ4n) is 1.86. The van der Waals surface area contributed by atoms with Gasteiger partial charge in [-0.05, 0) is 30.2 Å². The van der Waals surface area contributed by atoms with Gasteiger partial charge in [0.25, 0.3) is 0 Å². The topological polar surface area (TPSA) is 26.3 Å². The number of carbonyl (C=O) groups is 1. The van der Waals surface area contributed by atoms with Gasteiger partial charge < -0.3 is 4.74 Å². The SMILES string of the molecule is CCOC(=Cc1ccccc1)C(=O)C=Cc1ccccc1. The molecular weight excluding hydrogens is 260 g/mol.